The SMILES string of the molecule is Cc1cnc(C(=O)Cc2cc(F)c(F)c([C@]3(C)CS(=O)(=O)C(C)(C)C(N)=N3)c2)c(F)c1. The molecule has 10 heteroatoms. The van der Waals surface area contributed by atoms with E-state index in [0.717, 1.165) is 18.2 Å². The van der Waals surface area contributed by atoms with Crippen LogP contribution in [0.4, 0.5) is 13.2 Å². The van der Waals surface area contributed by atoms with Gasteiger partial charge in [0.2, 0.25) is 0 Å². The summed E-state index contributed by atoms with van der Waals surface area (Å²) in [5.74, 6) is -4.96. The number of hydrogen-bond donors (Lipinski definition) is 1. The van der Waals surface area contributed by atoms with Crippen LogP contribution >= 0.6 is 0 Å². The minimum atomic E-state index is -3.86. The molecule has 31 heavy (non-hydrogen) atoms. The lowest BCUT2D eigenvalue weighted by molar-refractivity contribution is 0.0983. The van der Waals surface area contributed by atoms with Gasteiger partial charge in [0.05, 0.1) is 5.75 Å². The van der Waals surface area contributed by atoms with Crippen molar-refractivity contribution in [2.75, 3.05) is 5.75 Å². The smallest absolute Gasteiger partial charge is 0.188 e. The number of nitrogens with two attached hydrogens (primary N) is 1. The van der Waals surface area contributed by atoms with E-state index in [2.05, 4.69) is 9.98 Å². The number of nitrogens with zero attached hydrogens (tertiary/aromatic N) is 2. The van der Waals surface area contributed by atoms with E-state index in [4.69, 9.17) is 5.73 Å². The fourth-order valence-electron chi connectivity index (χ4n) is 3.43. The molecule has 2 N–H and O–H groups in total. The molecule has 1 aliphatic heterocycles. The number of carbonyl (C=O) groups excluding carboxylic acids is 1. The van der Waals surface area contributed by atoms with Crippen LogP contribution in [0.1, 0.15) is 48.0 Å². The number of hydrogen-bond acceptors (Lipinski definition) is 6. The largest absolute Gasteiger partial charge is 0.386 e. The van der Waals surface area contributed by atoms with Gasteiger partial charge in [0.15, 0.2) is 33.1 Å². The number of amidine groups is 1. The van der Waals surface area contributed by atoms with Crippen LogP contribution in [0, 0.1) is 24.4 Å². The van der Waals surface area contributed by atoms with Gasteiger partial charge in [-0.05, 0) is 57.0 Å². The van der Waals surface area contributed by atoms with Gasteiger partial charge >= 0.3 is 0 Å². The summed E-state index contributed by atoms with van der Waals surface area (Å²) in [5.41, 5.74) is 3.94. The minimum Gasteiger partial charge on any atom is -0.386 e. The lowest BCUT2D eigenvalue weighted by Gasteiger charge is -2.38. The normalized spacial score (nSPS) is 22.1. The fourth-order valence-corrected chi connectivity index (χ4v) is 5.11. The number of pyridine rings is 1. The number of halogens is 3. The highest BCUT2D eigenvalue weighted by Gasteiger charge is 2.49. The number of aromatic nitrogens is 1. The molecule has 6 nitrogen and oxygen atoms in total. The molecule has 0 unspecified atom stereocenters. The van der Waals surface area contributed by atoms with E-state index in [1.165, 1.54) is 27.0 Å². The third kappa shape index (κ3) is 3.96. The maximum Gasteiger partial charge on any atom is 0.188 e. The molecular formula is C21H22F3N3O3S. The van der Waals surface area contributed by atoms with E-state index in [0.29, 0.717) is 5.56 Å². The first kappa shape index (κ1) is 22.9. The highest BCUT2D eigenvalue weighted by molar-refractivity contribution is 7.93. The van der Waals surface area contributed by atoms with Crippen molar-refractivity contribution < 1.29 is 26.4 Å². The second-order valence-corrected chi connectivity index (χ2v) is 11.0. The predicted molar refractivity (Wildman–Crippen MR) is 110 cm³/mol. The highest BCUT2D eigenvalue weighted by Crippen LogP contribution is 2.38. The standard InChI is InChI=1S/C21H22F3N3O3S/c1-11-5-15(23)18(26-9-11)16(28)8-12-6-13(17(24)14(22)7-12)21(4)10-31(29,30)20(2,3)19(25)27-21/h5-7,9H,8,10H2,1-4H3,(H2,25,27)/t21-/m0/s1. The van der Waals surface area contributed by atoms with Gasteiger partial charge in [-0.2, -0.15) is 0 Å². The van der Waals surface area contributed by atoms with E-state index in [1.807, 2.05) is 0 Å². The second-order valence-electron chi connectivity index (χ2n) is 8.42. The number of aliphatic imine (C=N–C) groups is 1. The van der Waals surface area contributed by atoms with Gasteiger partial charge in [-0.3, -0.25) is 9.79 Å². The van der Waals surface area contributed by atoms with Crippen molar-refractivity contribution in [2.45, 2.75) is 44.4 Å². The van der Waals surface area contributed by atoms with Crippen molar-refractivity contribution in [1.29, 1.82) is 0 Å². The monoisotopic (exact) mass is 453 g/mol. The van der Waals surface area contributed by atoms with Gasteiger partial charge in [-0.25, -0.2) is 26.6 Å². The molecular weight excluding hydrogens is 431 g/mol. The Morgan fingerprint density at radius 2 is 1.77 bits per heavy atom. The lowest BCUT2D eigenvalue weighted by Crippen LogP contribution is -2.55. The van der Waals surface area contributed by atoms with Crippen LogP contribution in [0.25, 0.3) is 0 Å². The van der Waals surface area contributed by atoms with Gasteiger partial charge in [0, 0.05) is 18.2 Å². The van der Waals surface area contributed by atoms with Crippen LogP contribution in [0.5, 0.6) is 0 Å². The van der Waals surface area contributed by atoms with E-state index >= 15 is 0 Å². The zero-order valence-corrected chi connectivity index (χ0v) is 18.3. The summed E-state index contributed by atoms with van der Waals surface area (Å²) in [7, 11) is -3.86. The van der Waals surface area contributed by atoms with E-state index in [1.54, 1.807) is 6.92 Å². The molecule has 0 fully saturated rings. The number of sulfone groups is 1. The van der Waals surface area contributed by atoms with Crippen LogP contribution in [-0.4, -0.2) is 35.5 Å². The molecule has 166 valence electrons. The lowest BCUT2D eigenvalue weighted by atomic mass is 9.90. The Balaban J connectivity index is 2.06. The summed E-state index contributed by atoms with van der Waals surface area (Å²) in [6.07, 6.45) is 0.852. The molecule has 2 aromatic rings. The van der Waals surface area contributed by atoms with Crippen molar-refractivity contribution in [3.63, 3.8) is 0 Å². The Kier molecular flexibility index (Phi) is 5.50. The van der Waals surface area contributed by atoms with Gasteiger partial charge in [0.25, 0.3) is 0 Å². The molecule has 0 aliphatic carbocycles. The number of carbonyl (C=O) groups is 1. The molecule has 1 aromatic heterocycles. The average molecular weight is 453 g/mol. The second kappa shape index (κ2) is 7.44. The highest BCUT2D eigenvalue weighted by atomic mass is 32.2. The Labute approximate surface area is 178 Å². The van der Waals surface area contributed by atoms with Crippen LogP contribution in [0.15, 0.2) is 29.4 Å². The van der Waals surface area contributed by atoms with Crippen molar-refractivity contribution in [3.8, 4) is 0 Å². The molecule has 1 aromatic carbocycles. The van der Waals surface area contributed by atoms with E-state index < -0.39 is 61.2 Å². The summed E-state index contributed by atoms with van der Waals surface area (Å²) in [4.78, 5) is 20.5. The first-order valence-electron chi connectivity index (χ1n) is 9.40. The van der Waals surface area contributed by atoms with E-state index in [-0.39, 0.29) is 17.0 Å². The first-order valence-corrected chi connectivity index (χ1v) is 11.0. The summed E-state index contributed by atoms with van der Waals surface area (Å²) in [6, 6.07) is 3.11. The van der Waals surface area contributed by atoms with Gasteiger partial charge in [-0.1, -0.05) is 0 Å². The topological polar surface area (TPSA) is 102 Å². The average Bonchev–Trinajstić information content (AvgIpc) is 2.62. The Hall–Kier alpha value is -2.75. The summed E-state index contributed by atoms with van der Waals surface area (Å²) >= 11 is 0. The third-order valence-corrected chi connectivity index (χ3v) is 8.21. The Morgan fingerprint density at radius 3 is 2.35 bits per heavy atom. The zero-order valence-electron chi connectivity index (χ0n) is 17.5. The molecule has 0 saturated heterocycles. The number of benzene rings is 1. The molecule has 0 amide bonds. The maximum atomic E-state index is 14.7. The number of Topliss-reactive ketones (excluding diaryl/α,β-unsaturated/α-hetero) is 1. The third-order valence-electron chi connectivity index (χ3n) is 5.51. The molecule has 0 radical (unpaired) electrons. The molecule has 2 heterocycles. The molecule has 3 rings (SSSR count). The number of ketones is 1. The quantitative estimate of drug-likeness (QED) is 0.717. The van der Waals surface area contributed by atoms with Gasteiger partial charge in [-0.15, -0.1) is 0 Å². The maximum absolute atomic E-state index is 14.7. The summed E-state index contributed by atoms with van der Waals surface area (Å²) < 4.78 is 67.2. The number of rotatable bonds is 4. The number of aryl methyl sites for hydroxylation is 1. The fraction of sp³-hybridized carbons (Fsp3) is 0.381. The molecule has 1 aliphatic rings. The molecule has 0 bridgehead atoms. The van der Waals surface area contributed by atoms with Crippen molar-refractivity contribution in [1.82, 2.24) is 4.98 Å². The molecule has 1 atom stereocenters. The van der Waals surface area contributed by atoms with Gasteiger partial charge in [0.1, 0.15) is 21.8 Å². The minimum absolute atomic E-state index is 0.0258. The predicted octanol–water partition coefficient (Wildman–Crippen LogP) is 3.01. The first-order chi connectivity index (χ1) is 14.2. The van der Waals surface area contributed by atoms with Crippen LogP contribution in [0.3, 0.4) is 0 Å². The summed E-state index contributed by atoms with van der Waals surface area (Å²) in [5, 5.41) is 0. The Bertz CT molecular complexity index is 1230. The van der Waals surface area contributed by atoms with Crippen molar-refractivity contribution in [2.24, 2.45) is 10.7 Å². The van der Waals surface area contributed by atoms with E-state index in [9.17, 15) is 26.4 Å². The zero-order chi connectivity index (χ0) is 23.4. The van der Waals surface area contributed by atoms with Crippen LogP contribution < -0.4 is 5.73 Å². The Morgan fingerprint density at radius 1 is 1.13 bits per heavy atom. The van der Waals surface area contributed by atoms with Crippen LogP contribution in [0.2, 0.25) is 0 Å². The molecule has 0 spiro atoms. The molecule has 0 saturated carbocycles. The van der Waals surface area contributed by atoms with Crippen molar-refractivity contribution >= 4 is 21.5 Å². The van der Waals surface area contributed by atoms with Crippen LogP contribution in [-0.2, 0) is 21.8 Å². The van der Waals surface area contributed by atoms with Gasteiger partial charge < -0.3 is 5.73 Å². The van der Waals surface area contributed by atoms with Crippen molar-refractivity contribution in [3.05, 3.63) is 64.2 Å². The summed E-state index contributed by atoms with van der Waals surface area (Å²) in [6.45, 7) is 5.71.